The topological polar surface area (TPSA) is 89.8 Å². The Morgan fingerprint density at radius 2 is 1.88 bits per heavy atom. The molecule has 3 rings (SSSR count). The summed E-state index contributed by atoms with van der Waals surface area (Å²) < 4.78 is 33.2. The van der Waals surface area contributed by atoms with Gasteiger partial charge in [-0.05, 0) is 25.0 Å². The van der Waals surface area contributed by atoms with E-state index in [9.17, 15) is 18.5 Å². The first-order valence-electron chi connectivity index (χ1n) is 8.30. The van der Waals surface area contributed by atoms with Gasteiger partial charge in [-0.1, -0.05) is 36.4 Å². The highest BCUT2D eigenvalue weighted by atomic mass is 32.2. The lowest BCUT2D eigenvalue weighted by Gasteiger charge is -2.36. The lowest BCUT2D eigenvalue weighted by Crippen LogP contribution is -2.49. The van der Waals surface area contributed by atoms with Crippen LogP contribution in [-0.4, -0.2) is 42.9 Å². The van der Waals surface area contributed by atoms with Crippen molar-refractivity contribution >= 4 is 15.7 Å². The smallest absolute Gasteiger partial charge is 0.270 e. The van der Waals surface area contributed by atoms with Gasteiger partial charge in [-0.2, -0.15) is 4.31 Å². The number of sulfonamides is 1. The molecule has 2 aromatic rings. The number of morpholine rings is 1. The summed E-state index contributed by atoms with van der Waals surface area (Å²) in [6.07, 6.45) is 0.0761. The molecule has 0 N–H and O–H groups in total. The van der Waals surface area contributed by atoms with Gasteiger partial charge in [0.15, 0.2) is 0 Å². The van der Waals surface area contributed by atoms with Crippen LogP contribution in [0.5, 0.6) is 0 Å². The zero-order valence-corrected chi connectivity index (χ0v) is 15.1. The van der Waals surface area contributed by atoms with Crippen molar-refractivity contribution in [1.29, 1.82) is 0 Å². The molecule has 26 heavy (non-hydrogen) atoms. The fourth-order valence-corrected chi connectivity index (χ4v) is 4.68. The molecule has 1 aliphatic rings. The van der Waals surface area contributed by atoms with E-state index in [1.165, 1.54) is 22.5 Å². The second kappa shape index (κ2) is 7.53. The van der Waals surface area contributed by atoms with Crippen molar-refractivity contribution in [2.75, 3.05) is 13.1 Å². The highest BCUT2D eigenvalue weighted by Gasteiger charge is 2.34. The molecule has 0 radical (unpaired) electrons. The van der Waals surface area contributed by atoms with E-state index in [4.69, 9.17) is 4.74 Å². The maximum absolute atomic E-state index is 13.0. The van der Waals surface area contributed by atoms with Crippen LogP contribution < -0.4 is 0 Å². The van der Waals surface area contributed by atoms with E-state index < -0.39 is 14.9 Å². The van der Waals surface area contributed by atoms with E-state index in [-0.39, 0.29) is 35.9 Å². The summed E-state index contributed by atoms with van der Waals surface area (Å²) in [7, 11) is -3.83. The van der Waals surface area contributed by atoms with Crippen LogP contribution in [0.3, 0.4) is 0 Å². The normalized spacial score (nSPS) is 21.4. The van der Waals surface area contributed by atoms with Crippen molar-refractivity contribution in [2.45, 2.75) is 30.4 Å². The van der Waals surface area contributed by atoms with Gasteiger partial charge in [0.2, 0.25) is 10.0 Å². The number of nitro groups is 1. The minimum absolute atomic E-state index is 0.0701. The molecule has 1 heterocycles. The SMILES string of the molecule is CC1CN(S(=O)(=O)c2cccc([N+](=O)[O-])c2)CC(Cc2ccccc2)O1. The first-order valence-corrected chi connectivity index (χ1v) is 9.74. The average Bonchev–Trinajstić information content (AvgIpc) is 2.62. The minimum Gasteiger partial charge on any atom is -0.372 e. The Labute approximate surface area is 152 Å². The molecule has 2 atom stereocenters. The summed E-state index contributed by atoms with van der Waals surface area (Å²) in [5.41, 5.74) is 0.826. The second-order valence-corrected chi connectivity index (χ2v) is 8.27. The van der Waals surface area contributed by atoms with Crippen LogP contribution in [0.15, 0.2) is 59.5 Å². The molecule has 7 nitrogen and oxygen atoms in total. The maximum Gasteiger partial charge on any atom is 0.270 e. The van der Waals surface area contributed by atoms with Crippen molar-refractivity contribution in [1.82, 2.24) is 4.31 Å². The van der Waals surface area contributed by atoms with Gasteiger partial charge in [0.25, 0.3) is 5.69 Å². The van der Waals surface area contributed by atoms with Crippen LogP contribution >= 0.6 is 0 Å². The molecule has 138 valence electrons. The molecule has 0 bridgehead atoms. The molecule has 0 saturated carbocycles. The summed E-state index contributed by atoms with van der Waals surface area (Å²) in [5, 5.41) is 10.9. The van der Waals surface area contributed by atoms with Crippen molar-refractivity contribution in [3.8, 4) is 0 Å². The van der Waals surface area contributed by atoms with E-state index in [2.05, 4.69) is 0 Å². The third-order valence-electron chi connectivity index (χ3n) is 4.27. The largest absolute Gasteiger partial charge is 0.372 e. The van der Waals surface area contributed by atoms with Crippen LogP contribution in [0.2, 0.25) is 0 Å². The Morgan fingerprint density at radius 1 is 1.15 bits per heavy atom. The molecule has 8 heteroatoms. The lowest BCUT2D eigenvalue weighted by molar-refractivity contribution is -0.385. The summed E-state index contributed by atoms with van der Waals surface area (Å²) in [5.74, 6) is 0. The predicted molar refractivity (Wildman–Crippen MR) is 96.3 cm³/mol. The first-order chi connectivity index (χ1) is 12.4. The van der Waals surface area contributed by atoms with E-state index in [1.54, 1.807) is 0 Å². The standard InChI is InChI=1S/C18H20N2O5S/c1-14-12-19(13-17(25-14)10-15-6-3-2-4-7-15)26(23,24)18-9-5-8-16(11-18)20(21)22/h2-9,11,14,17H,10,12-13H2,1H3. The number of rotatable bonds is 5. The summed E-state index contributed by atoms with van der Waals surface area (Å²) in [6, 6.07) is 14.9. The van der Waals surface area contributed by atoms with Gasteiger partial charge < -0.3 is 4.74 Å². The molecule has 2 unspecified atom stereocenters. The van der Waals surface area contributed by atoms with E-state index >= 15 is 0 Å². The number of non-ortho nitro benzene ring substituents is 1. The molecule has 1 fully saturated rings. The molecule has 0 amide bonds. The van der Waals surface area contributed by atoms with Crippen LogP contribution in [0, 0.1) is 10.1 Å². The number of nitrogens with zero attached hydrogens (tertiary/aromatic N) is 2. The molecule has 0 aliphatic carbocycles. The molecular weight excluding hydrogens is 356 g/mol. The zero-order chi connectivity index (χ0) is 18.7. The fraction of sp³-hybridized carbons (Fsp3) is 0.333. The lowest BCUT2D eigenvalue weighted by atomic mass is 10.1. The zero-order valence-electron chi connectivity index (χ0n) is 14.3. The van der Waals surface area contributed by atoms with E-state index in [0.29, 0.717) is 6.42 Å². The molecule has 1 aliphatic heterocycles. The number of hydrogen-bond acceptors (Lipinski definition) is 5. The Hall–Kier alpha value is -2.29. The predicted octanol–water partition coefficient (Wildman–Crippen LogP) is 2.62. The number of ether oxygens (including phenoxy) is 1. The molecule has 0 aromatic heterocycles. The van der Waals surface area contributed by atoms with Crippen LogP contribution in [0.1, 0.15) is 12.5 Å². The van der Waals surface area contributed by atoms with Gasteiger partial charge in [-0.25, -0.2) is 8.42 Å². The van der Waals surface area contributed by atoms with Gasteiger partial charge in [-0.3, -0.25) is 10.1 Å². The van der Waals surface area contributed by atoms with Crippen molar-refractivity contribution in [2.24, 2.45) is 0 Å². The van der Waals surface area contributed by atoms with Crippen LogP contribution in [0.25, 0.3) is 0 Å². The van der Waals surface area contributed by atoms with Gasteiger partial charge in [-0.15, -0.1) is 0 Å². The Morgan fingerprint density at radius 3 is 2.58 bits per heavy atom. The van der Waals surface area contributed by atoms with Gasteiger partial charge in [0.1, 0.15) is 0 Å². The van der Waals surface area contributed by atoms with Crippen molar-refractivity contribution in [3.63, 3.8) is 0 Å². The van der Waals surface area contributed by atoms with Gasteiger partial charge in [0, 0.05) is 25.2 Å². The third-order valence-corrected chi connectivity index (χ3v) is 6.09. The third kappa shape index (κ3) is 4.09. The highest BCUT2D eigenvalue weighted by molar-refractivity contribution is 7.89. The fourth-order valence-electron chi connectivity index (χ4n) is 3.10. The summed E-state index contributed by atoms with van der Waals surface area (Å²) >= 11 is 0. The quantitative estimate of drug-likeness (QED) is 0.591. The van der Waals surface area contributed by atoms with E-state index in [0.717, 1.165) is 11.6 Å². The molecular formula is C18H20N2O5S. The minimum atomic E-state index is -3.83. The Bertz CT molecular complexity index is 885. The Balaban J connectivity index is 1.82. The van der Waals surface area contributed by atoms with Crippen LogP contribution in [0.4, 0.5) is 5.69 Å². The molecule has 1 saturated heterocycles. The van der Waals surface area contributed by atoms with Gasteiger partial charge in [0.05, 0.1) is 22.0 Å². The van der Waals surface area contributed by atoms with Crippen LogP contribution in [-0.2, 0) is 21.2 Å². The summed E-state index contributed by atoms with van der Waals surface area (Å²) in [4.78, 5) is 10.3. The maximum atomic E-state index is 13.0. The second-order valence-electron chi connectivity index (χ2n) is 6.33. The Kier molecular flexibility index (Phi) is 5.36. The van der Waals surface area contributed by atoms with Crippen molar-refractivity contribution < 1.29 is 18.1 Å². The average molecular weight is 376 g/mol. The first kappa shape index (κ1) is 18.5. The number of nitro benzene ring substituents is 1. The monoisotopic (exact) mass is 376 g/mol. The molecule has 2 aromatic carbocycles. The van der Waals surface area contributed by atoms with Gasteiger partial charge >= 0.3 is 0 Å². The summed E-state index contributed by atoms with van der Waals surface area (Å²) in [6.45, 7) is 2.26. The highest BCUT2D eigenvalue weighted by Crippen LogP contribution is 2.25. The van der Waals surface area contributed by atoms with Crippen molar-refractivity contribution in [3.05, 3.63) is 70.3 Å². The molecule has 0 spiro atoms. The van der Waals surface area contributed by atoms with E-state index in [1.807, 2.05) is 37.3 Å². The number of hydrogen-bond donors (Lipinski definition) is 0. The number of benzene rings is 2.